The van der Waals surface area contributed by atoms with Gasteiger partial charge in [0, 0.05) is 0 Å². The van der Waals surface area contributed by atoms with E-state index in [9.17, 15) is 9.90 Å². The summed E-state index contributed by atoms with van der Waals surface area (Å²) in [6.07, 6.45) is 5.05. The van der Waals surface area contributed by atoms with Crippen molar-refractivity contribution in [3.8, 4) is 11.5 Å². The van der Waals surface area contributed by atoms with Gasteiger partial charge in [-0.1, -0.05) is 19.1 Å². The quantitative estimate of drug-likeness (QED) is 0.727. The second-order valence-electron chi connectivity index (χ2n) is 6.09. The van der Waals surface area contributed by atoms with E-state index in [2.05, 4.69) is 6.92 Å². The van der Waals surface area contributed by atoms with Gasteiger partial charge in [0.15, 0.2) is 11.5 Å². The Labute approximate surface area is 137 Å². The van der Waals surface area contributed by atoms with E-state index in [1.54, 1.807) is 30.2 Å². The highest BCUT2D eigenvalue weighted by molar-refractivity contribution is 5.83. The van der Waals surface area contributed by atoms with Crippen LogP contribution >= 0.6 is 0 Å². The maximum atomic E-state index is 10.4. The molecule has 0 radical (unpaired) electrons. The van der Waals surface area contributed by atoms with Crippen LogP contribution in [0.4, 0.5) is 0 Å². The average molecular weight is 319 g/mol. The lowest BCUT2D eigenvalue weighted by molar-refractivity contribution is -0.906. The lowest BCUT2D eigenvalue weighted by Gasteiger charge is -2.27. The van der Waals surface area contributed by atoms with Gasteiger partial charge in [0.25, 0.3) is 0 Å². The van der Waals surface area contributed by atoms with Gasteiger partial charge in [-0.05, 0) is 42.5 Å². The fraction of sp³-hybridized carbons (Fsp3) is 0.500. The lowest BCUT2D eigenvalue weighted by atomic mass is 9.99. The molecule has 0 bridgehead atoms. The van der Waals surface area contributed by atoms with E-state index in [0.717, 1.165) is 24.1 Å². The fourth-order valence-corrected chi connectivity index (χ4v) is 2.80. The molecule has 1 fully saturated rings. The molecule has 0 amide bonds. The minimum Gasteiger partial charge on any atom is -0.545 e. The van der Waals surface area contributed by atoms with Crippen LogP contribution in [0.2, 0.25) is 0 Å². The second kappa shape index (κ2) is 8.58. The van der Waals surface area contributed by atoms with Crippen LogP contribution in [0.5, 0.6) is 11.5 Å². The molecule has 5 nitrogen and oxygen atoms in total. The number of hydrogen-bond donors (Lipinski definition) is 1. The fourth-order valence-electron chi connectivity index (χ4n) is 2.80. The van der Waals surface area contributed by atoms with Gasteiger partial charge in [-0.2, -0.15) is 0 Å². The van der Waals surface area contributed by atoms with Crippen LogP contribution in [0.1, 0.15) is 25.3 Å². The van der Waals surface area contributed by atoms with Crippen LogP contribution in [-0.2, 0) is 4.79 Å². The van der Waals surface area contributed by atoms with E-state index < -0.39 is 5.97 Å². The number of carbonyl (C=O) groups excluding carboxylic acids is 1. The summed E-state index contributed by atoms with van der Waals surface area (Å²) >= 11 is 0. The third-order valence-corrected chi connectivity index (χ3v) is 4.29. The molecule has 1 aliphatic rings. The van der Waals surface area contributed by atoms with Gasteiger partial charge in [-0.25, -0.2) is 0 Å². The van der Waals surface area contributed by atoms with Gasteiger partial charge in [0.05, 0.1) is 26.2 Å². The van der Waals surface area contributed by atoms with E-state index in [4.69, 9.17) is 9.47 Å². The minimum absolute atomic E-state index is 0.604. The van der Waals surface area contributed by atoms with E-state index in [1.807, 2.05) is 0 Å². The van der Waals surface area contributed by atoms with Crippen molar-refractivity contribution in [1.82, 2.24) is 0 Å². The molecule has 2 rings (SSSR count). The topological polar surface area (TPSA) is 63.0 Å². The molecule has 1 heterocycles. The summed E-state index contributed by atoms with van der Waals surface area (Å²) in [5.74, 6) is 0.917. The summed E-state index contributed by atoms with van der Waals surface area (Å²) in [6, 6.07) is 5.36. The zero-order valence-corrected chi connectivity index (χ0v) is 13.8. The van der Waals surface area contributed by atoms with E-state index in [-0.39, 0.29) is 0 Å². The number of benzene rings is 1. The SMILES string of the molecule is COc1cc(/C=C/C(=O)[O-])ccc1OCC[NH+]1CCC(C)CC1. The first kappa shape index (κ1) is 17.3. The largest absolute Gasteiger partial charge is 0.545 e. The predicted molar refractivity (Wildman–Crippen MR) is 86.5 cm³/mol. The number of carboxylic acids is 1. The standard InChI is InChI=1S/C18H25NO4/c1-14-7-9-19(10-8-14)11-12-23-16-5-3-15(4-6-18(20)21)13-17(16)22-2/h3-6,13-14H,7-12H2,1-2H3,(H,20,21)/b6-4+. The first-order valence-corrected chi connectivity index (χ1v) is 8.12. The third-order valence-electron chi connectivity index (χ3n) is 4.29. The predicted octanol–water partition coefficient (Wildman–Crippen LogP) is 0.152. The zero-order valence-electron chi connectivity index (χ0n) is 13.8. The summed E-state index contributed by atoms with van der Waals surface area (Å²) in [5, 5.41) is 10.4. The highest BCUT2D eigenvalue weighted by atomic mass is 16.5. The second-order valence-corrected chi connectivity index (χ2v) is 6.09. The van der Waals surface area contributed by atoms with Gasteiger partial charge in [-0.3, -0.25) is 0 Å². The number of carboxylic acid groups (broad SMARTS) is 1. The zero-order chi connectivity index (χ0) is 16.7. The Morgan fingerprint density at radius 2 is 2.09 bits per heavy atom. The Hall–Kier alpha value is -2.01. The lowest BCUT2D eigenvalue weighted by Crippen LogP contribution is -3.13. The van der Waals surface area contributed by atoms with Crippen LogP contribution in [0.15, 0.2) is 24.3 Å². The van der Waals surface area contributed by atoms with Gasteiger partial charge in [0.2, 0.25) is 0 Å². The number of hydrogen-bond acceptors (Lipinski definition) is 4. The van der Waals surface area contributed by atoms with Crippen LogP contribution in [0, 0.1) is 5.92 Å². The monoisotopic (exact) mass is 319 g/mol. The van der Waals surface area contributed by atoms with E-state index >= 15 is 0 Å². The highest BCUT2D eigenvalue weighted by Gasteiger charge is 2.18. The molecule has 1 aliphatic heterocycles. The van der Waals surface area contributed by atoms with Crippen molar-refractivity contribution in [2.75, 3.05) is 33.4 Å². The van der Waals surface area contributed by atoms with Crippen LogP contribution in [0.25, 0.3) is 6.08 Å². The number of methoxy groups -OCH3 is 1. The number of piperidine rings is 1. The molecule has 1 aromatic rings. The van der Waals surface area contributed by atoms with Gasteiger partial charge in [0.1, 0.15) is 13.2 Å². The number of likely N-dealkylation sites (tertiary alicyclic amines) is 1. The molecule has 23 heavy (non-hydrogen) atoms. The molecule has 0 saturated carbocycles. The van der Waals surface area contributed by atoms with Crippen molar-refractivity contribution >= 4 is 12.0 Å². The Balaban J connectivity index is 1.88. The molecule has 0 spiro atoms. The van der Waals surface area contributed by atoms with Crippen LogP contribution in [-0.4, -0.2) is 39.3 Å². The molecule has 126 valence electrons. The molecular weight excluding hydrogens is 294 g/mol. The Bertz CT molecular complexity index is 548. The number of rotatable bonds is 7. The number of ether oxygens (including phenoxy) is 2. The molecular formula is C18H25NO4. The number of quaternary nitrogens is 1. The van der Waals surface area contributed by atoms with E-state index in [0.29, 0.717) is 18.1 Å². The van der Waals surface area contributed by atoms with Crippen LogP contribution < -0.4 is 19.5 Å². The van der Waals surface area contributed by atoms with Crippen molar-refractivity contribution in [2.24, 2.45) is 5.92 Å². The van der Waals surface area contributed by atoms with E-state index in [1.165, 1.54) is 32.0 Å². The average Bonchev–Trinajstić information content (AvgIpc) is 2.55. The smallest absolute Gasteiger partial charge is 0.161 e. The molecule has 0 unspecified atom stereocenters. The number of carbonyl (C=O) groups is 1. The molecule has 0 atom stereocenters. The molecule has 0 aromatic heterocycles. The third kappa shape index (κ3) is 5.60. The summed E-state index contributed by atoms with van der Waals surface area (Å²) in [4.78, 5) is 12.0. The number of nitrogens with one attached hydrogen (secondary N) is 1. The summed E-state index contributed by atoms with van der Waals surface area (Å²) in [7, 11) is 1.58. The van der Waals surface area contributed by atoms with Gasteiger partial charge < -0.3 is 24.3 Å². The summed E-state index contributed by atoms with van der Waals surface area (Å²) < 4.78 is 11.2. The molecule has 5 heteroatoms. The van der Waals surface area contributed by atoms with Gasteiger partial charge >= 0.3 is 0 Å². The molecule has 1 N–H and O–H groups in total. The summed E-state index contributed by atoms with van der Waals surface area (Å²) in [5.41, 5.74) is 0.731. The number of aliphatic carboxylic acids is 1. The first-order valence-electron chi connectivity index (χ1n) is 8.12. The molecule has 1 aromatic carbocycles. The molecule has 1 saturated heterocycles. The van der Waals surface area contributed by atoms with Crippen molar-refractivity contribution in [3.63, 3.8) is 0 Å². The normalized spacial score (nSPS) is 21.3. The first-order chi connectivity index (χ1) is 11.1. The maximum Gasteiger partial charge on any atom is 0.161 e. The molecule has 0 aliphatic carbocycles. The minimum atomic E-state index is -1.22. The van der Waals surface area contributed by atoms with Gasteiger partial charge in [-0.15, -0.1) is 0 Å². The highest BCUT2D eigenvalue weighted by Crippen LogP contribution is 2.28. The summed E-state index contributed by atoms with van der Waals surface area (Å²) in [6.45, 7) is 6.38. The Kier molecular flexibility index (Phi) is 6.47. The maximum absolute atomic E-state index is 10.4. The Morgan fingerprint density at radius 1 is 1.35 bits per heavy atom. The van der Waals surface area contributed by atoms with Crippen molar-refractivity contribution < 1.29 is 24.3 Å². The van der Waals surface area contributed by atoms with Crippen molar-refractivity contribution in [1.29, 1.82) is 0 Å². The van der Waals surface area contributed by atoms with Crippen molar-refractivity contribution in [3.05, 3.63) is 29.8 Å². The van der Waals surface area contributed by atoms with Crippen molar-refractivity contribution in [2.45, 2.75) is 19.8 Å². The Morgan fingerprint density at radius 3 is 2.74 bits per heavy atom. The van der Waals surface area contributed by atoms with Crippen LogP contribution in [0.3, 0.4) is 0 Å².